The van der Waals surface area contributed by atoms with Gasteiger partial charge in [0.15, 0.2) is 29.0 Å². The normalized spacial score (nSPS) is 12.2. The van der Waals surface area contributed by atoms with Gasteiger partial charge in [-0.05, 0) is 41.8 Å². The van der Waals surface area contributed by atoms with Crippen LogP contribution in [0.25, 0.3) is 0 Å². The van der Waals surface area contributed by atoms with Crippen LogP contribution in [-0.2, 0) is 13.0 Å². The summed E-state index contributed by atoms with van der Waals surface area (Å²) in [6.07, 6.45) is 0.855. The number of nitrogens with zero attached hydrogens (tertiary/aromatic N) is 1. The largest absolute Gasteiger partial charge is 0.493 e. The summed E-state index contributed by atoms with van der Waals surface area (Å²) in [6, 6.07) is 11.9. The lowest BCUT2D eigenvalue weighted by atomic mass is 10.1. The van der Waals surface area contributed by atoms with Crippen LogP contribution >= 0.6 is 24.0 Å². The minimum Gasteiger partial charge on any atom is -0.493 e. The lowest BCUT2D eigenvalue weighted by Crippen LogP contribution is -2.37. The van der Waals surface area contributed by atoms with Gasteiger partial charge in [0, 0.05) is 20.1 Å². The van der Waals surface area contributed by atoms with Gasteiger partial charge in [-0.25, -0.2) is 0 Å². The first-order valence-electron chi connectivity index (χ1n) is 8.77. The number of hydrogen-bond donors (Lipinski definition) is 2. The molecular formula is C20H26IN3O4. The minimum absolute atomic E-state index is 0. The van der Waals surface area contributed by atoms with E-state index in [1.807, 2.05) is 30.3 Å². The Kier molecular flexibility index (Phi) is 8.49. The third kappa shape index (κ3) is 5.57. The fourth-order valence-electron chi connectivity index (χ4n) is 2.82. The Hall–Kier alpha value is -2.36. The molecule has 0 atom stereocenters. The molecule has 1 heterocycles. The van der Waals surface area contributed by atoms with E-state index in [9.17, 15) is 0 Å². The van der Waals surface area contributed by atoms with Crippen molar-refractivity contribution in [1.29, 1.82) is 0 Å². The number of guanidine groups is 1. The van der Waals surface area contributed by atoms with Crippen molar-refractivity contribution in [3.8, 4) is 23.0 Å². The molecule has 0 saturated heterocycles. The Bertz CT molecular complexity index is 814. The monoisotopic (exact) mass is 499 g/mol. The van der Waals surface area contributed by atoms with Crippen molar-refractivity contribution in [2.45, 2.75) is 13.0 Å². The van der Waals surface area contributed by atoms with Crippen LogP contribution in [0.15, 0.2) is 41.4 Å². The second kappa shape index (κ2) is 10.8. The molecular weight excluding hydrogens is 473 g/mol. The molecule has 0 bridgehead atoms. The van der Waals surface area contributed by atoms with Crippen LogP contribution in [-0.4, -0.2) is 40.6 Å². The van der Waals surface area contributed by atoms with Crippen LogP contribution in [0.1, 0.15) is 11.1 Å². The highest BCUT2D eigenvalue weighted by atomic mass is 127. The molecule has 0 radical (unpaired) electrons. The van der Waals surface area contributed by atoms with Crippen molar-refractivity contribution >= 4 is 29.9 Å². The third-order valence-electron chi connectivity index (χ3n) is 4.27. The van der Waals surface area contributed by atoms with Crippen LogP contribution in [0.2, 0.25) is 0 Å². The number of ether oxygens (including phenoxy) is 4. The average molecular weight is 499 g/mol. The van der Waals surface area contributed by atoms with Crippen molar-refractivity contribution in [2.75, 3.05) is 34.6 Å². The highest BCUT2D eigenvalue weighted by Gasteiger charge is 2.13. The number of halogens is 1. The zero-order valence-corrected chi connectivity index (χ0v) is 18.6. The second-order valence-corrected chi connectivity index (χ2v) is 5.98. The Labute approximate surface area is 182 Å². The van der Waals surface area contributed by atoms with Gasteiger partial charge < -0.3 is 29.6 Å². The van der Waals surface area contributed by atoms with Gasteiger partial charge in [0.05, 0.1) is 14.2 Å². The number of fused-ring (bicyclic) bond motifs is 1. The van der Waals surface area contributed by atoms with E-state index in [1.54, 1.807) is 21.3 Å². The molecule has 8 heteroatoms. The fraction of sp³-hybridized carbons (Fsp3) is 0.350. The van der Waals surface area contributed by atoms with Crippen LogP contribution in [0.5, 0.6) is 23.0 Å². The predicted molar refractivity (Wildman–Crippen MR) is 119 cm³/mol. The van der Waals surface area contributed by atoms with Crippen LogP contribution in [0.4, 0.5) is 0 Å². The molecule has 2 N–H and O–H groups in total. The SMILES string of the molecule is CN=C(NCCc1ccc2c(c1)OCO2)NCc1ccc(OC)c(OC)c1.I. The maximum absolute atomic E-state index is 5.41. The van der Waals surface area contributed by atoms with E-state index >= 15 is 0 Å². The first-order chi connectivity index (χ1) is 13.2. The quantitative estimate of drug-likeness (QED) is 0.347. The van der Waals surface area contributed by atoms with E-state index in [1.165, 1.54) is 5.56 Å². The summed E-state index contributed by atoms with van der Waals surface area (Å²) in [5, 5.41) is 6.62. The summed E-state index contributed by atoms with van der Waals surface area (Å²) in [4.78, 5) is 4.26. The minimum atomic E-state index is 0. The van der Waals surface area contributed by atoms with Gasteiger partial charge in [-0.15, -0.1) is 24.0 Å². The summed E-state index contributed by atoms with van der Waals surface area (Å²) < 4.78 is 21.3. The number of hydrogen-bond acceptors (Lipinski definition) is 5. The maximum Gasteiger partial charge on any atom is 0.231 e. The van der Waals surface area contributed by atoms with Gasteiger partial charge in [0.25, 0.3) is 0 Å². The topological polar surface area (TPSA) is 73.3 Å². The first-order valence-corrected chi connectivity index (χ1v) is 8.77. The number of nitrogens with one attached hydrogen (secondary N) is 2. The molecule has 0 aromatic heterocycles. The average Bonchev–Trinajstić information content (AvgIpc) is 3.18. The van der Waals surface area contributed by atoms with Crippen LogP contribution in [0.3, 0.4) is 0 Å². The molecule has 2 aromatic carbocycles. The van der Waals surface area contributed by atoms with E-state index < -0.39 is 0 Å². The molecule has 7 nitrogen and oxygen atoms in total. The molecule has 1 aliphatic rings. The Morgan fingerprint density at radius 2 is 1.71 bits per heavy atom. The standard InChI is InChI=1S/C20H25N3O4.HI/c1-21-20(23-12-15-5-6-16(24-2)18(11-15)25-3)22-9-8-14-4-7-17-19(10-14)27-13-26-17;/h4-7,10-11H,8-9,12-13H2,1-3H3,(H2,21,22,23);1H. The second-order valence-electron chi connectivity index (χ2n) is 5.98. The van der Waals surface area contributed by atoms with E-state index in [-0.39, 0.29) is 24.0 Å². The summed E-state index contributed by atoms with van der Waals surface area (Å²) in [6.45, 7) is 1.68. The smallest absolute Gasteiger partial charge is 0.231 e. The summed E-state index contributed by atoms with van der Waals surface area (Å²) in [7, 11) is 5.01. The zero-order chi connectivity index (χ0) is 19.1. The zero-order valence-electron chi connectivity index (χ0n) is 16.3. The number of aliphatic imine (C=N–C) groups is 1. The van der Waals surface area contributed by atoms with Crippen molar-refractivity contribution in [3.63, 3.8) is 0 Å². The van der Waals surface area contributed by atoms with E-state index in [2.05, 4.69) is 21.7 Å². The molecule has 0 amide bonds. The van der Waals surface area contributed by atoms with E-state index in [4.69, 9.17) is 18.9 Å². The Balaban J connectivity index is 0.00000280. The van der Waals surface area contributed by atoms with Crippen molar-refractivity contribution in [3.05, 3.63) is 47.5 Å². The van der Waals surface area contributed by atoms with Gasteiger partial charge in [-0.3, -0.25) is 4.99 Å². The number of benzene rings is 2. The highest BCUT2D eigenvalue weighted by Crippen LogP contribution is 2.32. The van der Waals surface area contributed by atoms with Gasteiger partial charge >= 0.3 is 0 Å². The fourth-order valence-corrected chi connectivity index (χ4v) is 2.82. The van der Waals surface area contributed by atoms with E-state index in [0.29, 0.717) is 24.8 Å². The molecule has 0 fully saturated rings. The molecule has 3 rings (SSSR count). The van der Waals surface area contributed by atoms with Crippen molar-refractivity contribution in [1.82, 2.24) is 10.6 Å². The highest BCUT2D eigenvalue weighted by molar-refractivity contribution is 14.0. The number of methoxy groups -OCH3 is 2. The van der Waals surface area contributed by atoms with Crippen molar-refractivity contribution < 1.29 is 18.9 Å². The van der Waals surface area contributed by atoms with Gasteiger partial charge in [-0.2, -0.15) is 0 Å². The lowest BCUT2D eigenvalue weighted by molar-refractivity contribution is 0.174. The van der Waals surface area contributed by atoms with Crippen molar-refractivity contribution in [2.24, 2.45) is 4.99 Å². The predicted octanol–water partition coefficient (Wildman–Crippen LogP) is 2.96. The third-order valence-corrected chi connectivity index (χ3v) is 4.27. The van der Waals surface area contributed by atoms with Gasteiger partial charge in [0.1, 0.15) is 0 Å². The molecule has 0 spiro atoms. The Morgan fingerprint density at radius 1 is 0.964 bits per heavy atom. The molecule has 0 unspecified atom stereocenters. The first kappa shape index (κ1) is 21.9. The summed E-state index contributed by atoms with van der Waals surface area (Å²) in [5.74, 6) is 3.78. The number of rotatable bonds is 7. The Morgan fingerprint density at radius 3 is 2.46 bits per heavy atom. The van der Waals surface area contributed by atoms with Crippen LogP contribution < -0.4 is 29.6 Å². The molecule has 152 valence electrons. The molecule has 1 aliphatic heterocycles. The van der Waals surface area contributed by atoms with E-state index in [0.717, 1.165) is 36.0 Å². The van der Waals surface area contributed by atoms with Crippen LogP contribution in [0, 0.1) is 0 Å². The molecule has 2 aromatic rings. The lowest BCUT2D eigenvalue weighted by Gasteiger charge is -2.13. The summed E-state index contributed by atoms with van der Waals surface area (Å²) in [5.41, 5.74) is 2.26. The molecule has 28 heavy (non-hydrogen) atoms. The molecule has 0 aliphatic carbocycles. The van der Waals surface area contributed by atoms with Gasteiger partial charge in [0.2, 0.25) is 6.79 Å². The maximum atomic E-state index is 5.41. The molecule has 0 saturated carbocycles. The van der Waals surface area contributed by atoms with Gasteiger partial charge in [-0.1, -0.05) is 12.1 Å². The summed E-state index contributed by atoms with van der Waals surface area (Å²) >= 11 is 0.